The molecule has 25 nitrogen and oxygen atoms in total. The fraction of sp³-hybridized carbons (Fsp3) is 0.378. The van der Waals surface area contributed by atoms with Crippen LogP contribution in [0.5, 0.6) is 0 Å². The summed E-state index contributed by atoms with van der Waals surface area (Å²) in [7, 11) is 0. The Morgan fingerprint density at radius 1 is 0.711 bits per heavy atom. The molecule has 6 atom stereocenters. The van der Waals surface area contributed by atoms with Crippen molar-refractivity contribution in [1.29, 1.82) is 0 Å². The Morgan fingerprint density at radius 3 is 1.47 bits per heavy atom. The average Bonchev–Trinajstić information content (AvgIpc) is 4.01. The molecule has 4 aromatic rings. The van der Waals surface area contributed by atoms with Gasteiger partial charge in [0.05, 0.1) is 49.1 Å². The van der Waals surface area contributed by atoms with E-state index in [1.54, 1.807) is 47.0 Å². The molecule has 2 fully saturated rings. The lowest BCUT2D eigenvalue weighted by molar-refractivity contribution is -0.173. The Kier molecular flexibility index (Phi) is 21.0. The van der Waals surface area contributed by atoms with E-state index in [1.165, 1.54) is 36.7 Å². The quantitative estimate of drug-likeness (QED) is 0.0343. The molecule has 0 radical (unpaired) electrons. The summed E-state index contributed by atoms with van der Waals surface area (Å²) in [6.07, 6.45) is -11.4. The first kappa shape index (κ1) is 58.1. The largest absolute Gasteiger partial charge is 0.471 e. The van der Waals surface area contributed by atoms with Crippen LogP contribution < -0.4 is 32.6 Å². The van der Waals surface area contributed by atoms with Gasteiger partial charge in [-0.15, -0.1) is 0 Å². The van der Waals surface area contributed by atoms with Gasteiger partial charge in [-0.05, 0) is 41.7 Å². The average molecular weight is 1070 g/mol. The van der Waals surface area contributed by atoms with Gasteiger partial charge in [0.2, 0.25) is 0 Å². The maximum absolute atomic E-state index is 12.9. The van der Waals surface area contributed by atoms with E-state index >= 15 is 0 Å². The summed E-state index contributed by atoms with van der Waals surface area (Å²) in [5.74, 6) is 3.62. The molecule has 2 aliphatic heterocycles. The summed E-state index contributed by atoms with van der Waals surface area (Å²) in [6, 6.07) is 16.0. The Morgan fingerprint density at radius 2 is 1.11 bits per heavy atom. The molecule has 0 spiro atoms. The third-order valence-corrected chi connectivity index (χ3v) is 10.5. The smallest absolute Gasteiger partial charge is 0.394 e. The van der Waals surface area contributed by atoms with Crippen molar-refractivity contribution in [3.8, 4) is 23.7 Å². The van der Waals surface area contributed by atoms with E-state index in [4.69, 9.17) is 30.0 Å². The van der Waals surface area contributed by atoms with Crippen molar-refractivity contribution in [2.24, 2.45) is 10.2 Å². The Bertz CT molecular complexity index is 2870. The zero-order chi connectivity index (χ0) is 55.4. The van der Waals surface area contributed by atoms with E-state index in [-0.39, 0.29) is 60.2 Å². The van der Waals surface area contributed by atoms with E-state index in [2.05, 4.69) is 64.3 Å². The second-order valence-electron chi connectivity index (χ2n) is 15.4. The van der Waals surface area contributed by atoms with Crippen LogP contribution in [0.25, 0.3) is 20.9 Å². The number of ether oxygens (including phenoxy) is 4. The minimum Gasteiger partial charge on any atom is -0.394 e. The minimum atomic E-state index is -5.09. The van der Waals surface area contributed by atoms with Gasteiger partial charge in [-0.25, -0.2) is 9.59 Å². The molecule has 4 amide bonds. The number of carbonyl (C=O) groups excluding carboxylic acids is 4. The Labute approximate surface area is 424 Å². The maximum atomic E-state index is 12.9. The van der Waals surface area contributed by atoms with Gasteiger partial charge >= 0.3 is 35.5 Å². The topological polar surface area (TPSA) is 341 Å². The van der Waals surface area contributed by atoms with Gasteiger partial charge < -0.3 is 45.3 Å². The van der Waals surface area contributed by atoms with E-state index in [0.717, 1.165) is 9.13 Å². The molecule has 2 aliphatic rings. The first-order valence-corrected chi connectivity index (χ1v) is 22.1. The molecule has 6 rings (SSSR count). The number of hydrogen-bond acceptors (Lipinski definition) is 15. The number of aliphatic hydroxyl groups is 1. The standard InChI is InChI=1S/C23H22F3N7O5.C22H20F3N7O6/c1-2-16-17(37-13-29-32-27)11-18(38-16)33-12-15(9-6-10-28-21(35)23(24,25)26)19(31-22(33)36)30-20(34)14-7-4-3-5-8-14;23-22(24,25)20(35)27-8-4-7-14-10-32(17-9-15(16(11-33)38-17)37-12-28-31-26)21(36)30-18(14)29-19(34)13-5-2-1-3-6-13/h3-5,7-8,12,16-18H,2,10-11,13H2,1H3,(H,28,35)(H,30,31,34,36);1-3,5-6,10,15-17,33H,8-9,11-12H2,(H,27,35)(H,29,30,34,36). The molecule has 2 aromatic heterocycles. The van der Waals surface area contributed by atoms with Crippen molar-refractivity contribution in [2.75, 3.05) is 43.8 Å². The number of nitrogens with zero attached hydrogens (tertiary/aromatic N) is 10. The summed E-state index contributed by atoms with van der Waals surface area (Å²) in [4.78, 5) is 85.9. The number of benzene rings is 2. The van der Waals surface area contributed by atoms with E-state index in [1.807, 2.05) is 6.92 Å². The monoisotopic (exact) mass is 1070 g/mol. The summed E-state index contributed by atoms with van der Waals surface area (Å²) in [5.41, 5.74) is 15.6. The molecule has 4 heterocycles. The molecular weight excluding hydrogens is 1030 g/mol. The summed E-state index contributed by atoms with van der Waals surface area (Å²) < 4.78 is 99.1. The zero-order valence-electron chi connectivity index (χ0n) is 39.3. The Hall–Kier alpha value is -8.80. The van der Waals surface area contributed by atoms with Crippen molar-refractivity contribution in [3.63, 3.8) is 0 Å². The third-order valence-electron chi connectivity index (χ3n) is 10.5. The summed E-state index contributed by atoms with van der Waals surface area (Å²) in [6.45, 7) is -0.553. The number of rotatable bonds is 16. The molecule has 400 valence electrons. The number of nitrogens with one attached hydrogen (secondary N) is 4. The molecule has 5 N–H and O–H groups in total. The SMILES string of the molecule is CCC1OC(n2cc(C#CCNC(=O)C(F)(F)F)c(NC(=O)c3ccccc3)nc2=O)CC1OCN=[N+]=[N-].[N-]=[N+]=NCOC1CC(n2cc(C#CCNC(=O)C(F)(F)F)c(NC(=O)c3ccccc3)nc2=O)OC1CO. The first-order chi connectivity index (χ1) is 36.3. The van der Waals surface area contributed by atoms with E-state index in [9.17, 15) is 60.2 Å². The highest BCUT2D eigenvalue weighted by Crippen LogP contribution is 2.33. The van der Waals surface area contributed by atoms with Crippen LogP contribution in [0.3, 0.4) is 0 Å². The second kappa shape index (κ2) is 27.5. The molecule has 2 aromatic carbocycles. The minimum absolute atomic E-state index is 0.00904. The molecule has 0 saturated carbocycles. The molecule has 0 bridgehead atoms. The maximum Gasteiger partial charge on any atom is 0.471 e. The third kappa shape index (κ3) is 16.6. The van der Waals surface area contributed by atoms with Crippen LogP contribution in [-0.4, -0.2) is 118 Å². The molecule has 6 unspecified atom stereocenters. The predicted octanol–water partition coefficient (Wildman–Crippen LogP) is 4.33. The normalized spacial score (nSPS) is 18.6. The number of amides is 4. The molecule has 0 aliphatic carbocycles. The number of anilines is 2. The first-order valence-electron chi connectivity index (χ1n) is 22.1. The van der Waals surface area contributed by atoms with Crippen molar-refractivity contribution in [2.45, 2.75) is 75.4 Å². The van der Waals surface area contributed by atoms with Gasteiger partial charge in [-0.1, -0.05) is 77.2 Å². The van der Waals surface area contributed by atoms with Crippen LogP contribution in [0.4, 0.5) is 38.0 Å². The van der Waals surface area contributed by atoms with E-state index < -0.39 is 104 Å². The van der Waals surface area contributed by atoms with Gasteiger partial charge in [-0.2, -0.15) is 36.3 Å². The van der Waals surface area contributed by atoms with Crippen LogP contribution in [0.1, 0.15) is 70.5 Å². The van der Waals surface area contributed by atoms with Crippen LogP contribution in [-0.2, 0) is 28.5 Å². The van der Waals surface area contributed by atoms with Gasteiger partial charge in [0.15, 0.2) is 11.6 Å². The number of halogens is 6. The highest BCUT2D eigenvalue weighted by atomic mass is 19.4. The highest BCUT2D eigenvalue weighted by Gasteiger charge is 2.40. The lowest BCUT2D eigenvalue weighted by Gasteiger charge is -2.16. The van der Waals surface area contributed by atoms with Crippen LogP contribution in [0, 0.1) is 23.7 Å². The van der Waals surface area contributed by atoms with Crippen LogP contribution >= 0.6 is 0 Å². The van der Waals surface area contributed by atoms with Crippen LogP contribution in [0.2, 0.25) is 0 Å². The number of aromatic nitrogens is 4. The molecule has 31 heteroatoms. The highest BCUT2D eigenvalue weighted by molar-refractivity contribution is 6.05. The van der Waals surface area contributed by atoms with Crippen molar-refractivity contribution < 1.29 is 69.6 Å². The Balaban J connectivity index is 0.000000281. The van der Waals surface area contributed by atoms with E-state index in [0.29, 0.717) is 6.42 Å². The second-order valence-corrected chi connectivity index (χ2v) is 15.4. The van der Waals surface area contributed by atoms with Crippen LogP contribution in [0.15, 0.2) is 92.9 Å². The molecular formula is C45H42F6N14O11. The van der Waals surface area contributed by atoms with Gasteiger partial charge in [0.25, 0.3) is 11.8 Å². The lowest BCUT2D eigenvalue weighted by Crippen LogP contribution is -2.36. The molecule has 2 saturated heterocycles. The number of hydrogen-bond donors (Lipinski definition) is 5. The van der Waals surface area contributed by atoms with Gasteiger partial charge in [0.1, 0.15) is 32.0 Å². The van der Waals surface area contributed by atoms with Crippen molar-refractivity contribution in [1.82, 2.24) is 29.7 Å². The zero-order valence-corrected chi connectivity index (χ0v) is 39.3. The summed E-state index contributed by atoms with van der Waals surface area (Å²) in [5, 5.41) is 24.3. The van der Waals surface area contributed by atoms with Gasteiger partial charge in [-0.3, -0.25) is 28.3 Å². The fourth-order valence-corrected chi connectivity index (χ4v) is 6.92. The molecule has 76 heavy (non-hydrogen) atoms. The lowest BCUT2D eigenvalue weighted by atomic mass is 10.1. The summed E-state index contributed by atoms with van der Waals surface area (Å²) >= 11 is 0. The number of azide groups is 2. The van der Waals surface area contributed by atoms with Gasteiger partial charge in [0, 0.05) is 46.2 Å². The number of aliphatic hydroxyl groups excluding tert-OH is 1. The predicted molar refractivity (Wildman–Crippen MR) is 250 cm³/mol. The van der Waals surface area contributed by atoms with Crippen molar-refractivity contribution in [3.05, 3.63) is 137 Å². The fourth-order valence-electron chi connectivity index (χ4n) is 6.92. The number of alkyl halides is 6. The van der Waals surface area contributed by atoms with Crippen molar-refractivity contribution >= 4 is 35.3 Å². The number of carbonyl (C=O) groups is 4.